The van der Waals surface area contributed by atoms with Crippen molar-refractivity contribution >= 4 is 0 Å². The molecule has 2 unspecified atom stereocenters. The summed E-state index contributed by atoms with van der Waals surface area (Å²) in [5.74, 6) is 1.91. The molecule has 1 heterocycles. The predicted octanol–water partition coefficient (Wildman–Crippen LogP) is 4.27. The zero-order valence-corrected chi connectivity index (χ0v) is 12.5. The van der Waals surface area contributed by atoms with Gasteiger partial charge in [0.15, 0.2) is 0 Å². The lowest BCUT2D eigenvalue weighted by atomic mass is 9.88. The Bertz CT molecular complexity index is 311. The maximum absolute atomic E-state index is 2.46. The fourth-order valence-corrected chi connectivity index (χ4v) is 2.97. The molecule has 1 nitrogen and oxygen atoms in total. The van der Waals surface area contributed by atoms with Crippen LogP contribution in [0.15, 0.2) is 22.8 Å². The van der Waals surface area contributed by atoms with Crippen LogP contribution in [-0.4, -0.2) is 25.0 Å². The number of fused-ring (bicyclic) bond motifs is 2. The molecule has 3 rings (SSSR count). The van der Waals surface area contributed by atoms with E-state index in [4.69, 9.17) is 0 Å². The van der Waals surface area contributed by atoms with Crippen molar-refractivity contribution in [2.45, 2.75) is 47.5 Å². The summed E-state index contributed by atoms with van der Waals surface area (Å²) in [7, 11) is 2.23. The van der Waals surface area contributed by atoms with Crippen LogP contribution >= 0.6 is 0 Å². The number of hydrogen-bond donors (Lipinski definition) is 0. The molecule has 0 aromatic carbocycles. The van der Waals surface area contributed by atoms with Crippen LogP contribution < -0.4 is 0 Å². The van der Waals surface area contributed by atoms with Crippen LogP contribution in [0.3, 0.4) is 0 Å². The molecule has 2 atom stereocenters. The van der Waals surface area contributed by atoms with Gasteiger partial charge in [-0.3, -0.25) is 0 Å². The third kappa shape index (κ3) is 3.01. The van der Waals surface area contributed by atoms with E-state index < -0.39 is 0 Å². The van der Waals surface area contributed by atoms with Crippen molar-refractivity contribution in [1.29, 1.82) is 0 Å². The second-order valence-electron chi connectivity index (χ2n) is 4.88. The third-order valence-corrected chi connectivity index (χ3v) is 3.84. The van der Waals surface area contributed by atoms with E-state index in [1.54, 1.807) is 16.7 Å². The minimum Gasteiger partial charge on any atom is -0.302 e. The average molecular weight is 235 g/mol. The van der Waals surface area contributed by atoms with Gasteiger partial charge in [-0.15, -0.1) is 0 Å². The summed E-state index contributed by atoms with van der Waals surface area (Å²) in [6, 6.07) is 0. The predicted molar refractivity (Wildman–Crippen MR) is 77.2 cm³/mol. The van der Waals surface area contributed by atoms with Crippen molar-refractivity contribution in [2.24, 2.45) is 11.8 Å². The maximum Gasteiger partial charge on any atom is 0.0230 e. The van der Waals surface area contributed by atoms with E-state index in [0.29, 0.717) is 0 Å². The molecule has 3 aliphatic rings. The van der Waals surface area contributed by atoms with Crippen molar-refractivity contribution in [3.05, 3.63) is 22.8 Å². The van der Waals surface area contributed by atoms with Crippen LogP contribution in [0.25, 0.3) is 0 Å². The van der Waals surface area contributed by atoms with Gasteiger partial charge in [-0.25, -0.2) is 0 Å². The Morgan fingerprint density at radius 1 is 1.12 bits per heavy atom. The van der Waals surface area contributed by atoms with Gasteiger partial charge in [0, 0.05) is 13.1 Å². The zero-order chi connectivity index (χ0) is 13.0. The highest BCUT2D eigenvalue weighted by molar-refractivity contribution is 5.43. The second-order valence-corrected chi connectivity index (χ2v) is 4.88. The van der Waals surface area contributed by atoms with Crippen molar-refractivity contribution in [2.75, 3.05) is 20.1 Å². The van der Waals surface area contributed by atoms with Gasteiger partial charge in [-0.1, -0.05) is 44.9 Å². The van der Waals surface area contributed by atoms with Gasteiger partial charge in [0.25, 0.3) is 0 Å². The van der Waals surface area contributed by atoms with Crippen LogP contribution in [0.1, 0.15) is 47.5 Å². The Balaban J connectivity index is 0.000000330. The van der Waals surface area contributed by atoms with E-state index in [1.807, 2.05) is 27.7 Å². The smallest absolute Gasteiger partial charge is 0.0230 e. The largest absolute Gasteiger partial charge is 0.302 e. The SMILES string of the molecule is CC.CC.CC1=CC2=C(CCN(C)C2)C2CC12. The minimum atomic E-state index is 0.946. The summed E-state index contributed by atoms with van der Waals surface area (Å²) < 4.78 is 0. The first-order valence-electron chi connectivity index (χ1n) is 7.34. The Labute approximate surface area is 108 Å². The highest BCUT2D eigenvalue weighted by Gasteiger charge is 2.44. The second kappa shape index (κ2) is 6.39. The lowest BCUT2D eigenvalue weighted by Crippen LogP contribution is -2.29. The van der Waals surface area contributed by atoms with E-state index in [2.05, 4.69) is 24.9 Å². The molecule has 1 heteroatoms. The number of hydrogen-bond acceptors (Lipinski definition) is 1. The molecular weight excluding hydrogens is 206 g/mol. The summed E-state index contributed by atoms with van der Waals surface area (Å²) in [6.45, 7) is 12.8. The molecule has 0 saturated heterocycles. The van der Waals surface area contributed by atoms with Crippen molar-refractivity contribution in [1.82, 2.24) is 4.90 Å². The zero-order valence-electron chi connectivity index (χ0n) is 12.5. The monoisotopic (exact) mass is 235 g/mol. The molecule has 1 aliphatic heterocycles. The molecule has 0 radical (unpaired) electrons. The van der Waals surface area contributed by atoms with Crippen LogP contribution in [0.2, 0.25) is 0 Å². The van der Waals surface area contributed by atoms with E-state index in [0.717, 1.165) is 11.8 Å². The molecule has 0 N–H and O–H groups in total. The van der Waals surface area contributed by atoms with E-state index in [1.165, 1.54) is 25.9 Å². The summed E-state index contributed by atoms with van der Waals surface area (Å²) in [5.41, 5.74) is 5.08. The molecule has 2 aliphatic carbocycles. The first-order valence-corrected chi connectivity index (χ1v) is 7.34. The van der Waals surface area contributed by atoms with Gasteiger partial charge in [0.05, 0.1) is 0 Å². The van der Waals surface area contributed by atoms with Gasteiger partial charge in [-0.05, 0) is 44.2 Å². The summed E-state index contributed by atoms with van der Waals surface area (Å²) >= 11 is 0. The Hall–Kier alpha value is -0.560. The average Bonchev–Trinajstić information content (AvgIpc) is 3.15. The van der Waals surface area contributed by atoms with Crippen molar-refractivity contribution in [3.8, 4) is 0 Å². The minimum absolute atomic E-state index is 0.946. The summed E-state index contributed by atoms with van der Waals surface area (Å²) in [6.07, 6.45) is 5.24. The van der Waals surface area contributed by atoms with Gasteiger partial charge in [-0.2, -0.15) is 0 Å². The van der Waals surface area contributed by atoms with Gasteiger partial charge in [0.2, 0.25) is 0 Å². The van der Waals surface area contributed by atoms with Crippen LogP contribution in [0, 0.1) is 11.8 Å². The first-order chi connectivity index (χ1) is 8.25. The number of likely N-dealkylation sites (N-methyl/N-ethyl adjacent to an activating group) is 1. The number of rotatable bonds is 0. The molecule has 98 valence electrons. The molecule has 0 aromatic heterocycles. The van der Waals surface area contributed by atoms with Crippen molar-refractivity contribution in [3.63, 3.8) is 0 Å². The first kappa shape index (κ1) is 14.5. The number of allylic oxidation sites excluding steroid dienone is 1. The van der Waals surface area contributed by atoms with E-state index >= 15 is 0 Å². The standard InChI is InChI=1S/C12H17N.2C2H6/c1-8-5-9-7-13(2)4-3-10(9)12-6-11(8)12;2*1-2/h5,11-12H,3-4,6-7H2,1-2H3;2*1-2H3. The molecule has 0 spiro atoms. The Morgan fingerprint density at radius 3 is 2.41 bits per heavy atom. The van der Waals surface area contributed by atoms with Crippen LogP contribution in [0.4, 0.5) is 0 Å². The van der Waals surface area contributed by atoms with Gasteiger partial charge < -0.3 is 4.90 Å². The highest BCUT2D eigenvalue weighted by atomic mass is 15.1. The van der Waals surface area contributed by atoms with Gasteiger partial charge in [0.1, 0.15) is 0 Å². The molecule has 17 heavy (non-hydrogen) atoms. The lowest BCUT2D eigenvalue weighted by Gasteiger charge is -2.29. The van der Waals surface area contributed by atoms with Crippen molar-refractivity contribution < 1.29 is 0 Å². The Kier molecular flexibility index (Phi) is 5.45. The number of nitrogens with zero attached hydrogens (tertiary/aromatic N) is 1. The van der Waals surface area contributed by atoms with E-state index in [9.17, 15) is 0 Å². The Morgan fingerprint density at radius 2 is 1.76 bits per heavy atom. The van der Waals surface area contributed by atoms with Gasteiger partial charge >= 0.3 is 0 Å². The molecule has 0 aromatic rings. The topological polar surface area (TPSA) is 3.24 Å². The maximum atomic E-state index is 2.46. The molecule has 0 bridgehead atoms. The summed E-state index contributed by atoms with van der Waals surface area (Å²) in [4.78, 5) is 2.44. The third-order valence-electron chi connectivity index (χ3n) is 3.84. The highest BCUT2D eigenvalue weighted by Crippen LogP contribution is 2.54. The van der Waals surface area contributed by atoms with E-state index in [-0.39, 0.29) is 0 Å². The molecule has 1 saturated carbocycles. The fraction of sp³-hybridized carbons (Fsp3) is 0.750. The fourth-order valence-electron chi connectivity index (χ4n) is 2.97. The summed E-state index contributed by atoms with van der Waals surface area (Å²) in [5, 5.41) is 0. The normalized spacial score (nSPS) is 29.9. The molecular formula is C16H29N. The quantitative estimate of drug-likeness (QED) is 0.606. The lowest BCUT2D eigenvalue weighted by molar-refractivity contribution is 0.345. The van der Waals surface area contributed by atoms with Crippen LogP contribution in [-0.2, 0) is 0 Å². The molecule has 0 amide bonds. The van der Waals surface area contributed by atoms with Crippen LogP contribution in [0.5, 0.6) is 0 Å². The molecule has 1 fully saturated rings.